The van der Waals surface area contributed by atoms with Gasteiger partial charge in [-0.25, -0.2) is 9.78 Å². The maximum Gasteiger partial charge on any atom is 0.416 e. The molecule has 0 saturated carbocycles. The molecule has 2 aromatic rings. The van der Waals surface area contributed by atoms with Crippen molar-refractivity contribution >= 4 is 17.5 Å². The number of anilines is 2. The van der Waals surface area contributed by atoms with E-state index >= 15 is 0 Å². The minimum absolute atomic E-state index is 0.244. The van der Waals surface area contributed by atoms with Gasteiger partial charge in [-0.2, -0.15) is 13.2 Å². The molecule has 4 N–H and O–H groups in total. The lowest BCUT2D eigenvalue weighted by molar-refractivity contribution is -0.137. The van der Waals surface area contributed by atoms with Gasteiger partial charge in [0.2, 0.25) is 0 Å². The highest BCUT2D eigenvalue weighted by atomic mass is 19.4. The lowest BCUT2D eigenvalue weighted by Gasteiger charge is -2.08. The molecule has 0 aliphatic heterocycles. The molecule has 23 heavy (non-hydrogen) atoms. The number of nitrogens with two attached hydrogens (primary N) is 1. The molecule has 0 saturated heterocycles. The molecule has 9 heteroatoms. The number of imidazole rings is 1. The zero-order chi connectivity index (χ0) is 17.0. The maximum absolute atomic E-state index is 12.5. The number of carbonyl (C=O) groups excluding carboxylic acids is 1. The molecule has 0 unspecified atom stereocenters. The lowest BCUT2D eigenvalue weighted by Crippen LogP contribution is -2.19. The Hall–Kier alpha value is -2.55. The highest BCUT2D eigenvalue weighted by Crippen LogP contribution is 2.29. The van der Waals surface area contributed by atoms with Crippen LogP contribution in [0, 0.1) is 6.92 Å². The summed E-state index contributed by atoms with van der Waals surface area (Å²) in [5.41, 5.74) is 4.92. The Balaban J connectivity index is 1.98. The minimum Gasteiger partial charge on any atom is -0.332 e. The monoisotopic (exact) mass is 327 g/mol. The van der Waals surface area contributed by atoms with Crippen LogP contribution in [0.3, 0.4) is 0 Å². The van der Waals surface area contributed by atoms with Gasteiger partial charge in [-0.15, -0.1) is 0 Å². The van der Waals surface area contributed by atoms with E-state index < -0.39 is 17.8 Å². The van der Waals surface area contributed by atoms with Crippen LogP contribution in [-0.2, 0) is 12.7 Å². The summed E-state index contributed by atoms with van der Waals surface area (Å²) in [6.45, 7) is 2.78. The van der Waals surface area contributed by atoms with Crippen molar-refractivity contribution < 1.29 is 18.0 Å². The molecule has 1 heterocycles. The Kier molecular flexibility index (Phi) is 4.89. The summed E-state index contributed by atoms with van der Waals surface area (Å²) in [6.07, 6.45) is -2.78. The molecule has 0 bridgehead atoms. The molecular formula is C14H16F3N5O. The van der Waals surface area contributed by atoms with Crippen molar-refractivity contribution in [2.75, 3.05) is 17.2 Å². The van der Waals surface area contributed by atoms with Crippen LogP contribution in [0.25, 0.3) is 0 Å². The smallest absolute Gasteiger partial charge is 0.332 e. The number of benzene rings is 1. The topological polar surface area (TPSA) is 85.0 Å². The third-order valence-electron chi connectivity index (χ3n) is 3.06. The van der Waals surface area contributed by atoms with E-state index in [1.54, 1.807) is 17.7 Å². The molecule has 0 aliphatic carbocycles. The minimum atomic E-state index is -4.41. The number of hydrogen-bond acceptors (Lipinski definition) is 3. The van der Waals surface area contributed by atoms with Gasteiger partial charge < -0.3 is 15.6 Å². The molecule has 1 aromatic carbocycles. The number of carbonyl (C=O) groups is 1. The number of halogens is 3. The third kappa shape index (κ3) is 4.46. The first-order valence-electron chi connectivity index (χ1n) is 6.78. The van der Waals surface area contributed by atoms with Gasteiger partial charge >= 0.3 is 12.2 Å². The lowest BCUT2D eigenvalue weighted by atomic mass is 10.2. The Morgan fingerprint density at radius 1 is 1.26 bits per heavy atom. The molecule has 2 amide bonds. The quantitative estimate of drug-likeness (QED) is 0.807. The molecule has 1 aromatic heterocycles. The van der Waals surface area contributed by atoms with Crippen LogP contribution >= 0.6 is 0 Å². The number of alkyl halides is 3. The first kappa shape index (κ1) is 16.8. The first-order valence-corrected chi connectivity index (χ1v) is 6.78. The Labute approximate surface area is 130 Å². The molecular weight excluding hydrogens is 311 g/mol. The number of rotatable bonds is 4. The Morgan fingerprint density at radius 3 is 2.48 bits per heavy atom. The van der Waals surface area contributed by atoms with E-state index in [2.05, 4.69) is 15.6 Å². The van der Waals surface area contributed by atoms with E-state index in [4.69, 9.17) is 5.73 Å². The standard InChI is InChI=1S/C14H16F3N5O/c1-9-19-12(8-22(9)7-6-18)21-13(23)20-11-4-2-10(3-5-11)14(15,16)17/h2-5,8H,6-7,18H2,1H3,(H2,20,21,23). The number of urea groups is 1. The summed E-state index contributed by atoms with van der Waals surface area (Å²) >= 11 is 0. The zero-order valence-electron chi connectivity index (χ0n) is 12.3. The third-order valence-corrected chi connectivity index (χ3v) is 3.06. The first-order chi connectivity index (χ1) is 10.8. The number of amides is 2. The number of aryl methyl sites for hydroxylation is 1. The summed E-state index contributed by atoms with van der Waals surface area (Å²) in [4.78, 5) is 16.0. The second-order valence-corrected chi connectivity index (χ2v) is 4.81. The van der Waals surface area contributed by atoms with Gasteiger partial charge in [-0.1, -0.05) is 0 Å². The molecule has 124 valence electrons. The molecule has 6 nitrogen and oxygen atoms in total. The van der Waals surface area contributed by atoms with Crippen LogP contribution < -0.4 is 16.4 Å². The van der Waals surface area contributed by atoms with Crippen molar-refractivity contribution in [2.45, 2.75) is 19.6 Å². The zero-order valence-corrected chi connectivity index (χ0v) is 12.3. The van der Waals surface area contributed by atoms with Crippen molar-refractivity contribution in [1.29, 1.82) is 0 Å². The van der Waals surface area contributed by atoms with Gasteiger partial charge in [0.15, 0.2) is 5.82 Å². The van der Waals surface area contributed by atoms with Crippen LogP contribution in [0.4, 0.5) is 29.5 Å². The van der Waals surface area contributed by atoms with Crippen molar-refractivity contribution in [3.63, 3.8) is 0 Å². The molecule has 0 aliphatic rings. The molecule has 0 spiro atoms. The fourth-order valence-electron chi connectivity index (χ4n) is 1.96. The fourth-order valence-corrected chi connectivity index (χ4v) is 1.96. The Morgan fingerprint density at radius 2 is 1.91 bits per heavy atom. The van der Waals surface area contributed by atoms with Crippen LogP contribution in [0.2, 0.25) is 0 Å². The van der Waals surface area contributed by atoms with Gasteiger partial charge in [-0.05, 0) is 31.2 Å². The van der Waals surface area contributed by atoms with Crippen molar-refractivity contribution in [3.8, 4) is 0 Å². The summed E-state index contributed by atoms with van der Waals surface area (Å²) in [6, 6.07) is 3.56. The number of nitrogens with one attached hydrogen (secondary N) is 2. The molecule has 2 rings (SSSR count). The van der Waals surface area contributed by atoms with Gasteiger partial charge in [0, 0.05) is 25.0 Å². The summed E-state index contributed by atoms with van der Waals surface area (Å²) in [5, 5.41) is 4.95. The van der Waals surface area contributed by atoms with Gasteiger partial charge in [0.05, 0.1) is 5.56 Å². The van der Waals surface area contributed by atoms with Crippen LogP contribution in [0.5, 0.6) is 0 Å². The van der Waals surface area contributed by atoms with E-state index in [1.165, 1.54) is 12.1 Å². The predicted octanol–water partition coefficient (Wildman–Crippen LogP) is 2.81. The Bertz CT molecular complexity index is 679. The van der Waals surface area contributed by atoms with E-state index in [9.17, 15) is 18.0 Å². The number of aromatic nitrogens is 2. The number of hydrogen-bond donors (Lipinski definition) is 3. The van der Waals surface area contributed by atoms with Gasteiger partial charge in [0.1, 0.15) is 5.82 Å². The SMILES string of the molecule is Cc1nc(NC(=O)Nc2ccc(C(F)(F)F)cc2)cn1CCN. The second-order valence-electron chi connectivity index (χ2n) is 4.81. The van der Waals surface area contributed by atoms with Crippen LogP contribution in [-0.4, -0.2) is 22.1 Å². The van der Waals surface area contributed by atoms with E-state index in [1.807, 2.05) is 0 Å². The van der Waals surface area contributed by atoms with Crippen LogP contribution in [0.1, 0.15) is 11.4 Å². The maximum atomic E-state index is 12.5. The van der Waals surface area contributed by atoms with E-state index in [-0.39, 0.29) is 5.69 Å². The van der Waals surface area contributed by atoms with Gasteiger partial charge in [-0.3, -0.25) is 5.32 Å². The molecule has 0 radical (unpaired) electrons. The van der Waals surface area contributed by atoms with Crippen molar-refractivity contribution in [1.82, 2.24) is 9.55 Å². The normalized spacial score (nSPS) is 11.3. The number of nitrogens with zero attached hydrogens (tertiary/aromatic N) is 2. The van der Waals surface area contributed by atoms with Crippen LogP contribution in [0.15, 0.2) is 30.5 Å². The van der Waals surface area contributed by atoms with Crippen molar-refractivity contribution in [2.24, 2.45) is 5.73 Å². The highest BCUT2D eigenvalue weighted by Gasteiger charge is 2.29. The molecule has 0 fully saturated rings. The highest BCUT2D eigenvalue weighted by molar-refractivity contribution is 5.99. The fraction of sp³-hybridized carbons (Fsp3) is 0.286. The predicted molar refractivity (Wildman–Crippen MR) is 80.1 cm³/mol. The average Bonchev–Trinajstić information content (AvgIpc) is 2.78. The molecule has 0 atom stereocenters. The largest absolute Gasteiger partial charge is 0.416 e. The summed E-state index contributed by atoms with van der Waals surface area (Å²) in [5.74, 6) is 1.03. The van der Waals surface area contributed by atoms with E-state index in [0.717, 1.165) is 12.1 Å². The van der Waals surface area contributed by atoms with Gasteiger partial charge in [0.25, 0.3) is 0 Å². The van der Waals surface area contributed by atoms with Crippen molar-refractivity contribution in [3.05, 3.63) is 41.9 Å². The average molecular weight is 327 g/mol. The summed E-state index contributed by atoms with van der Waals surface area (Å²) in [7, 11) is 0. The van der Waals surface area contributed by atoms with E-state index in [0.29, 0.717) is 24.7 Å². The summed E-state index contributed by atoms with van der Waals surface area (Å²) < 4.78 is 39.1. The second kappa shape index (κ2) is 6.69.